The van der Waals surface area contributed by atoms with Gasteiger partial charge in [0.15, 0.2) is 5.78 Å². The minimum absolute atomic E-state index is 0.231. The van der Waals surface area contributed by atoms with Gasteiger partial charge in [-0.2, -0.15) is 0 Å². The summed E-state index contributed by atoms with van der Waals surface area (Å²) in [5, 5.41) is 0. The number of fused-ring (bicyclic) bond motifs is 1. The highest BCUT2D eigenvalue weighted by Crippen LogP contribution is 2.49. The van der Waals surface area contributed by atoms with Crippen LogP contribution in [-0.4, -0.2) is 11.8 Å². The Morgan fingerprint density at radius 2 is 2.33 bits per heavy atom. The molecule has 2 aliphatic rings. The first kappa shape index (κ1) is 10.9. The molecule has 0 amide bonds. The van der Waals surface area contributed by atoms with Crippen molar-refractivity contribution in [3.05, 3.63) is 11.6 Å². The molecular weight excluding hydrogens is 186 g/mol. The quantitative estimate of drug-likeness (QED) is 0.717. The monoisotopic (exact) mass is 207 g/mol. The first-order valence-corrected chi connectivity index (χ1v) is 5.98. The van der Waals surface area contributed by atoms with Gasteiger partial charge in [-0.1, -0.05) is 19.4 Å². The highest BCUT2D eigenvalue weighted by molar-refractivity contribution is 5.93. The van der Waals surface area contributed by atoms with Crippen LogP contribution in [0.4, 0.5) is 0 Å². The molecule has 2 aliphatic carbocycles. The maximum Gasteiger partial charge on any atom is 0.155 e. The van der Waals surface area contributed by atoms with Gasteiger partial charge in [-0.25, -0.2) is 0 Å². The van der Waals surface area contributed by atoms with E-state index >= 15 is 0 Å². The Hall–Kier alpha value is -0.630. The average molecular weight is 207 g/mol. The fraction of sp³-hybridized carbons (Fsp3) is 0.769. The first-order chi connectivity index (χ1) is 7.03. The topological polar surface area (TPSA) is 43.1 Å². The zero-order chi connectivity index (χ0) is 11.1. The number of rotatable bonds is 1. The van der Waals surface area contributed by atoms with Crippen LogP contribution in [-0.2, 0) is 4.79 Å². The van der Waals surface area contributed by atoms with Gasteiger partial charge in [0.05, 0.1) is 0 Å². The molecule has 15 heavy (non-hydrogen) atoms. The third-order valence-electron chi connectivity index (χ3n) is 4.40. The van der Waals surface area contributed by atoms with E-state index in [0.717, 1.165) is 24.8 Å². The van der Waals surface area contributed by atoms with Crippen molar-refractivity contribution >= 4 is 5.78 Å². The maximum atomic E-state index is 11.4. The second-order valence-corrected chi connectivity index (χ2v) is 5.51. The molecule has 2 rings (SSSR count). The third kappa shape index (κ3) is 1.87. The summed E-state index contributed by atoms with van der Waals surface area (Å²) >= 11 is 0. The molecule has 1 fully saturated rings. The number of hydrogen-bond acceptors (Lipinski definition) is 2. The average Bonchev–Trinajstić information content (AvgIpc) is 2.17. The van der Waals surface area contributed by atoms with Gasteiger partial charge in [-0.05, 0) is 49.5 Å². The summed E-state index contributed by atoms with van der Waals surface area (Å²) < 4.78 is 0. The van der Waals surface area contributed by atoms with Crippen LogP contribution in [0, 0.1) is 11.3 Å². The molecule has 3 atom stereocenters. The van der Waals surface area contributed by atoms with Crippen molar-refractivity contribution in [3.63, 3.8) is 0 Å². The smallest absolute Gasteiger partial charge is 0.155 e. The number of allylic oxidation sites excluding steroid dienone is 2. The van der Waals surface area contributed by atoms with E-state index in [-0.39, 0.29) is 5.78 Å². The van der Waals surface area contributed by atoms with Crippen LogP contribution in [0.25, 0.3) is 0 Å². The van der Waals surface area contributed by atoms with Crippen molar-refractivity contribution in [3.8, 4) is 0 Å². The molecule has 0 aromatic carbocycles. The Labute approximate surface area is 91.9 Å². The Kier molecular flexibility index (Phi) is 2.72. The van der Waals surface area contributed by atoms with Crippen LogP contribution < -0.4 is 5.73 Å². The summed E-state index contributed by atoms with van der Waals surface area (Å²) in [6, 6.07) is 0.298. The summed E-state index contributed by atoms with van der Waals surface area (Å²) in [6.07, 6.45) is 7.75. The highest BCUT2D eigenvalue weighted by Gasteiger charge is 2.42. The normalized spacial score (nSPS) is 40.6. The van der Waals surface area contributed by atoms with Crippen molar-refractivity contribution in [2.45, 2.75) is 52.0 Å². The predicted molar refractivity (Wildman–Crippen MR) is 61.4 cm³/mol. The number of carbonyl (C=O) groups excluding carboxylic acids is 1. The lowest BCUT2D eigenvalue weighted by atomic mass is 9.59. The van der Waals surface area contributed by atoms with Crippen LogP contribution in [0.15, 0.2) is 11.6 Å². The lowest BCUT2D eigenvalue weighted by Crippen LogP contribution is -2.46. The van der Waals surface area contributed by atoms with Gasteiger partial charge in [0.25, 0.3) is 0 Å². The summed E-state index contributed by atoms with van der Waals surface area (Å²) in [7, 11) is 0. The van der Waals surface area contributed by atoms with Crippen LogP contribution in [0.3, 0.4) is 0 Å². The van der Waals surface area contributed by atoms with E-state index in [0.29, 0.717) is 17.4 Å². The van der Waals surface area contributed by atoms with Gasteiger partial charge in [0, 0.05) is 6.04 Å². The van der Waals surface area contributed by atoms with E-state index < -0.39 is 0 Å². The number of ketones is 1. The fourth-order valence-corrected chi connectivity index (χ4v) is 3.26. The lowest BCUT2D eigenvalue weighted by Gasteiger charge is -2.47. The molecule has 0 aliphatic heterocycles. The molecule has 0 aromatic heterocycles. The Morgan fingerprint density at radius 1 is 1.60 bits per heavy atom. The Morgan fingerprint density at radius 3 is 3.00 bits per heavy atom. The van der Waals surface area contributed by atoms with Crippen LogP contribution >= 0.6 is 0 Å². The summed E-state index contributed by atoms with van der Waals surface area (Å²) in [5.41, 5.74) is 7.57. The summed E-state index contributed by atoms with van der Waals surface area (Å²) in [4.78, 5) is 11.4. The molecule has 0 spiro atoms. The van der Waals surface area contributed by atoms with E-state index in [1.807, 2.05) is 0 Å². The van der Waals surface area contributed by atoms with Crippen molar-refractivity contribution in [1.82, 2.24) is 0 Å². The van der Waals surface area contributed by atoms with E-state index in [4.69, 9.17) is 5.73 Å². The van der Waals surface area contributed by atoms with Gasteiger partial charge in [0.1, 0.15) is 0 Å². The SMILES string of the molecule is CC(=O)C1=CC[C@@]2(C)CCC[C@@H](N)[C@H]2C1. The van der Waals surface area contributed by atoms with Crippen molar-refractivity contribution in [2.24, 2.45) is 17.1 Å². The third-order valence-corrected chi connectivity index (χ3v) is 4.40. The summed E-state index contributed by atoms with van der Waals surface area (Å²) in [6.45, 7) is 4.01. The predicted octanol–water partition coefficient (Wildman–Crippen LogP) is 2.43. The second kappa shape index (κ2) is 3.75. The molecule has 0 saturated heterocycles. The minimum atomic E-state index is 0.231. The van der Waals surface area contributed by atoms with Gasteiger partial charge in [-0.15, -0.1) is 0 Å². The molecule has 1 saturated carbocycles. The molecule has 0 heterocycles. The second-order valence-electron chi connectivity index (χ2n) is 5.51. The van der Waals surface area contributed by atoms with Crippen LogP contribution in [0.1, 0.15) is 46.0 Å². The first-order valence-electron chi connectivity index (χ1n) is 5.98. The molecule has 0 aromatic rings. The van der Waals surface area contributed by atoms with E-state index in [9.17, 15) is 4.79 Å². The van der Waals surface area contributed by atoms with Crippen LogP contribution in [0.5, 0.6) is 0 Å². The van der Waals surface area contributed by atoms with Crippen molar-refractivity contribution < 1.29 is 4.79 Å². The van der Waals surface area contributed by atoms with Crippen LogP contribution in [0.2, 0.25) is 0 Å². The molecule has 2 heteroatoms. The molecule has 0 radical (unpaired) electrons. The van der Waals surface area contributed by atoms with Gasteiger partial charge in [0.2, 0.25) is 0 Å². The standard InChI is InChI=1S/C13H21NO/c1-9(15)10-5-7-13(2)6-3-4-12(14)11(13)8-10/h5,11-12H,3-4,6-8,14H2,1-2H3/t11-,12-,13-/m1/s1. The fourth-order valence-electron chi connectivity index (χ4n) is 3.26. The van der Waals surface area contributed by atoms with E-state index in [1.165, 1.54) is 12.8 Å². The molecule has 2 nitrogen and oxygen atoms in total. The zero-order valence-electron chi connectivity index (χ0n) is 9.75. The highest BCUT2D eigenvalue weighted by atomic mass is 16.1. The number of Topliss-reactive ketones (excluding diaryl/α,β-unsaturated/α-hetero) is 1. The van der Waals surface area contributed by atoms with Gasteiger partial charge >= 0.3 is 0 Å². The molecule has 84 valence electrons. The molecule has 0 bridgehead atoms. The minimum Gasteiger partial charge on any atom is -0.327 e. The number of nitrogens with two attached hydrogens (primary N) is 1. The molecule has 2 N–H and O–H groups in total. The van der Waals surface area contributed by atoms with E-state index in [2.05, 4.69) is 13.0 Å². The van der Waals surface area contributed by atoms with Gasteiger partial charge in [-0.3, -0.25) is 4.79 Å². The van der Waals surface area contributed by atoms with Crippen molar-refractivity contribution in [1.29, 1.82) is 0 Å². The zero-order valence-corrected chi connectivity index (χ0v) is 9.75. The maximum absolute atomic E-state index is 11.4. The molecule has 0 unspecified atom stereocenters. The number of hydrogen-bond donors (Lipinski definition) is 1. The number of carbonyl (C=O) groups is 1. The lowest BCUT2D eigenvalue weighted by molar-refractivity contribution is -0.114. The van der Waals surface area contributed by atoms with Gasteiger partial charge < -0.3 is 5.73 Å². The van der Waals surface area contributed by atoms with E-state index in [1.54, 1.807) is 6.92 Å². The molecular formula is C13H21NO. The largest absolute Gasteiger partial charge is 0.327 e. The van der Waals surface area contributed by atoms with Crippen molar-refractivity contribution in [2.75, 3.05) is 0 Å². The summed E-state index contributed by atoms with van der Waals surface area (Å²) in [5.74, 6) is 0.755. The Balaban J connectivity index is 2.23. The Bertz CT molecular complexity index is 308.